The molecule has 0 unspecified atom stereocenters. The summed E-state index contributed by atoms with van der Waals surface area (Å²) in [5, 5.41) is 6.15. The van der Waals surface area contributed by atoms with Crippen LogP contribution in [0, 0.1) is 13.8 Å². The van der Waals surface area contributed by atoms with Crippen molar-refractivity contribution >= 4 is 17.5 Å². The quantitative estimate of drug-likeness (QED) is 0.804. The molecule has 26 heavy (non-hydrogen) atoms. The number of carbonyl (C=O) groups is 2. The van der Waals surface area contributed by atoms with E-state index in [4.69, 9.17) is 0 Å². The Morgan fingerprint density at radius 2 is 1.69 bits per heavy atom. The van der Waals surface area contributed by atoms with Crippen LogP contribution in [0.1, 0.15) is 29.2 Å². The third-order valence-corrected chi connectivity index (χ3v) is 4.40. The Morgan fingerprint density at radius 1 is 1.00 bits per heavy atom. The summed E-state index contributed by atoms with van der Waals surface area (Å²) in [5.41, 5.74) is 3.93. The van der Waals surface area contributed by atoms with Crippen molar-refractivity contribution in [3.8, 4) is 0 Å². The van der Waals surface area contributed by atoms with Crippen LogP contribution in [-0.2, 0) is 9.59 Å². The number of carbonyl (C=O) groups excluding carboxylic acids is 2. The Bertz CT molecular complexity index is 757. The summed E-state index contributed by atoms with van der Waals surface area (Å²) in [6.07, 6.45) is 0.289. The fourth-order valence-corrected chi connectivity index (χ4v) is 2.68. The number of rotatable bonds is 7. The normalized spacial score (nSPS) is 11.7. The molecular weight excluding hydrogens is 326 g/mol. The minimum Gasteiger partial charge on any atom is -0.347 e. The predicted molar refractivity (Wildman–Crippen MR) is 105 cm³/mol. The zero-order valence-electron chi connectivity index (χ0n) is 15.9. The van der Waals surface area contributed by atoms with Crippen LogP contribution in [0.15, 0.2) is 48.5 Å². The summed E-state index contributed by atoms with van der Waals surface area (Å²) in [5.74, 6) is -0.110. The average Bonchev–Trinajstić information content (AvgIpc) is 2.63. The SMILES string of the molecule is Cc1cccc(NC(=O)CCN[C@@H](C(=O)N(C)C)c2ccccc2)c1C. The summed E-state index contributed by atoms with van der Waals surface area (Å²) in [6, 6.07) is 14.9. The van der Waals surface area contributed by atoms with Crippen LogP contribution in [0.3, 0.4) is 0 Å². The van der Waals surface area contributed by atoms with E-state index in [1.807, 2.05) is 62.4 Å². The molecule has 0 aromatic heterocycles. The molecule has 2 rings (SSSR count). The van der Waals surface area contributed by atoms with Crippen molar-refractivity contribution in [2.45, 2.75) is 26.3 Å². The zero-order valence-corrected chi connectivity index (χ0v) is 15.9. The van der Waals surface area contributed by atoms with Gasteiger partial charge in [-0.2, -0.15) is 0 Å². The van der Waals surface area contributed by atoms with Crippen LogP contribution in [0.2, 0.25) is 0 Å². The Labute approximate surface area is 155 Å². The molecule has 0 spiro atoms. The van der Waals surface area contributed by atoms with Crippen LogP contribution in [0.25, 0.3) is 0 Å². The molecule has 5 nitrogen and oxygen atoms in total. The molecule has 2 aromatic rings. The fourth-order valence-electron chi connectivity index (χ4n) is 2.68. The third-order valence-electron chi connectivity index (χ3n) is 4.40. The summed E-state index contributed by atoms with van der Waals surface area (Å²) < 4.78 is 0. The minimum absolute atomic E-state index is 0.0360. The first-order valence-corrected chi connectivity index (χ1v) is 8.75. The Kier molecular flexibility index (Phi) is 6.92. The maximum atomic E-state index is 12.5. The maximum absolute atomic E-state index is 12.5. The Balaban J connectivity index is 1.95. The molecule has 0 aliphatic rings. The van der Waals surface area contributed by atoms with E-state index in [9.17, 15) is 9.59 Å². The summed E-state index contributed by atoms with van der Waals surface area (Å²) in [4.78, 5) is 26.3. The third kappa shape index (κ3) is 5.17. The van der Waals surface area contributed by atoms with Gasteiger partial charge in [-0.25, -0.2) is 0 Å². The van der Waals surface area contributed by atoms with Gasteiger partial charge < -0.3 is 15.5 Å². The lowest BCUT2D eigenvalue weighted by Gasteiger charge is -2.22. The number of hydrogen-bond donors (Lipinski definition) is 2. The van der Waals surface area contributed by atoms with Gasteiger partial charge in [0.1, 0.15) is 6.04 Å². The molecule has 0 radical (unpaired) electrons. The molecule has 2 aromatic carbocycles. The summed E-state index contributed by atoms with van der Waals surface area (Å²) in [6.45, 7) is 4.42. The van der Waals surface area contributed by atoms with Gasteiger partial charge in [0.25, 0.3) is 0 Å². The molecule has 0 heterocycles. The number of hydrogen-bond acceptors (Lipinski definition) is 3. The van der Waals surface area contributed by atoms with Crippen molar-refractivity contribution < 1.29 is 9.59 Å². The molecule has 0 bridgehead atoms. The first kappa shape index (κ1) is 19.7. The molecular formula is C21H27N3O2. The number of nitrogens with one attached hydrogen (secondary N) is 2. The van der Waals surface area contributed by atoms with Crippen molar-refractivity contribution in [2.75, 3.05) is 26.0 Å². The number of nitrogens with zero attached hydrogens (tertiary/aromatic N) is 1. The highest BCUT2D eigenvalue weighted by Crippen LogP contribution is 2.18. The molecule has 0 saturated heterocycles. The largest absolute Gasteiger partial charge is 0.347 e. The maximum Gasteiger partial charge on any atom is 0.243 e. The van der Waals surface area contributed by atoms with E-state index in [0.717, 1.165) is 22.4 Å². The first-order chi connectivity index (χ1) is 12.4. The van der Waals surface area contributed by atoms with Gasteiger partial charge in [-0.3, -0.25) is 9.59 Å². The molecule has 0 aliphatic carbocycles. The molecule has 138 valence electrons. The van der Waals surface area contributed by atoms with E-state index < -0.39 is 6.04 Å². The first-order valence-electron chi connectivity index (χ1n) is 8.75. The van der Waals surface area contributed by atoms with Crippen molar-refractivity contribution in [3.63, 3.8) is 0 Å². The number of amides is 2. The average molecular weight is 353 g/mol. The van der Waals surface area contributed by atoms with E-state index in [0.29, 0.717) is 6.54 Å². The van der Waals surface area contributed by atoms with Gasteiger partial charge in [-0.05, 0) is 36.6 Å². The molecule has 2 amide bonds. The van der Waals surface area contributed by atoms with E-state index in [1.54, 1.807) is 19.0 Å². The van der Waals surface area contributed by atoms with Crippen molar-refractivity contribution in [1.29, 1.82) is 0 Å². The molecule has 0 fully saturated rings. The van der Waals surface area contributed by atoms with E-state index in [2.05, 4.69) is 10.6 Å². The smallest absolute Gasteiger partial charge is 0.243 e. The number of benzene rings is 2. The molecule has 5 heteroatoms. The van der Waals surface area contributed by atoms with Gasteiger partial charge in [-0.1, -0.05) is 42.5 Å². The molecule has 1 atom stereocenters. The highest BCUT2D eigenvalue weighted by atomic mass is 16.2. The van der Waals surface area contributed by atoms with Gasteiger partial charge in [0.2, 0.25) is 11.8 Å². The zero-order chi connectivity index (χ0) is 19.1. The lowest BCUT2D eigenvalue weighted by atomic mass is 10.1. The van der Waals surface area contributed by atoms with Crippen LogP contribution in [0.4, 0.5) is 5.69 Å². The van der Waals surface area contributed by atoms with Gasteiger partial charge in [0.15, 0.2) is 0 Å². The number of likely N-dealkylation sites (N-methyl/N-ethyl adjacent to an activating group) is 1. The fraction of sp³-hybridized carbons (Fsp3) is 0.333. The van der Waals surface area contributed by atoms with Gasteiger partial charge >= 0.3 is 0 Å². The molecule has 2 N–H and O–H groups in total. The van der Waals surface area contributed by atoms with E-state index in [1.165, 1.54) is 0 Å². The monoisotopic (exact) mass is 353 g/mol. The van der Waals surface area contributed by atoms with Crippen molar-refractivity contribution in [3.05, 3.63) is 65.2 Å². The topological polar surface area (TPSA) is 61.4 Å². The highest BCUT2D eigenvalue weighted by Gasteiger charge is 2.21. The standard InChI is InChI=1S/C21H27N3O2/c1-15-9-8-12-18(16(15)2)23-19(25)13-14-22-20(21(26)24(3)4)17-10-6-5-7-11-17/h5-12,20,22H,13-14H2,1-4H3,(H,23,25)/t20-/m1/s1. The summed E-state index contributed by atoms with van der Waals surface area (Å²) in [7, 11) is 3.46. The lowest BCUT2D eigenvalue weighted by Crippen LogP contribution is -2.38. The van der Waals surface area contributed by atoms with E-state index in [-0.39, 0.29) is 18.2 Å². The second-order valence-corrected chi connectivity index (χ2v) is 6.58. The van der Waals surface area contributed by atoms with Crippen LogP contribution < -0.4 is 10.6 Å². The van der Waals surface area contributed by atoms with E-state index >= 15 is 0 Å². The molecule has 0 aliphatic heterocycles. The number of anilines is 1. The van der Waals surface area contributed by atoms with Gasteiger partial charge in [0, 0.05) is 32.7 Å². The highest BCUT2D eigenvalue weighted by molar-refractivity contribution is 5.91. The van der Waals surface area contributed by atoms with Gasteiger partial charge in [-0.15, -0.1) is 0 Å². The van der Waals surface area contributed by atoms with Crippen LogP contribution >= 0.6 is 0 Å². The Morgan fingerprint density at radius 3 is 2.35 bits per heavy atom. The Hall–Kier alpha value is -2.66. The minimum atomic E-state index is -0.459. The lowest BCUT2D eigenvalue weighted by molar-refractivity contribution is -0.131. The summed E-state index contributed by atoms with van der Waals surface area (Å²) >= 11 is 0. The van der Waals surface area contributed by atoms with Crippen molar-refractivity contribution in [2.24, 2.45) is 0 Å². The van der Waals surface area contributed by atoms with Gasteiger partial charge in [0.05, 0.1) is 0 Å². The van der Waals surface area contributed by atoms with Crippen molar-refractivity contribution in [1.82, 2.24) is 10.2 Å². The predicted octanol–water partition coefficient (Wildman–Crippen LogP) is 3.05. The second-order valence-electron chi connectivity index (χ2n) is 6.58. The second kappa shape index (κ2) is 9.15. The van der Waals surface area contributed by atoms with Crippen LogP contribution in [0.5, 0.6) is 0 Å². The number of aryl methyl sites for hydroxylation is 1. The molecule has 0 saturated carbocycles. The van der Waals surface area contributed by atoms with Crippen LogP contribution in [-0.4, -0.2) is 37.4 Å².